The lowest BCUT2D eigenvalue weighted by molar-refractivity contribution is 0.0607. The average Bonchev–Trinajstić information content (AvgIpc) is 3.00. The molecule has 156 valence electrons. The van der Waals surface area contributed by atoms with Crippen LogP contribution in [0, 0.1) is 11.3 Å². The van der Waals surface area contributed by atoms with Gasteiger partial charge in [-0.05, 0) is 34.0 Å². The Kier molecular flexibility index (Phi) is 8.07. The summed E-state index contributed by atoms with van der Waals surface area (Å²) in [6, 6.07) is 1.49. The van der Waals surface area contributed by atoms with Gasteiger partial charge in [-0.25, -0.2) is 21.6 Å². The van der Waals surface area contributed by atoms with Gasteiger partial charge in [-0.1, -0.05) is 0 Å². The molecule has 0 saturated heterocycles. The van der Waals surface area contributed by atoms with Crippen LogP contribution < -0.4 is 5.43 Å². The van der Waals surface area contributed by atoms with E-state index < -0.39 is 41.2 Å². The fraction of sp³-hybridized carbons (Fsp3) is 0.533. The van der Waals surface area contributed by atoms with E-state index in [-0.39, 0.29) is 15.5 Å². The molecule has 0 bridgehead atoms. The van der Waals surface area contributed by atoms with Gasteiger partial charge in [0.25, 0.3) is 5.04 Å². The van der Waals surface area contributed by atoms with Crippen LogP contribution in [-0.4, -0.2) is 51.7 Å². The van der Waals surface area contributed by atoms with Gasteiger partial charge in [0.2, 0.25) is 9.84 Å². The van der Waals surface area contributed by atoms with Gasteiger partial charge >= 0.3 is 5.97 Å². The Balaban J connectivity index is 3.78. The van der Waals surface area contributed by atoms with Gasteiger partial charge in [-0.3, -0.25) is 5.43 Å². The third kappa shape index (κ3) is 4.68. The van der Waals surface area contributed by atoms with E-state index in [0.717, 1.165) is 30.2 Å². The molecule has 1 heterocycles. The van der Waals surface area contributed by atoms with E-state index in [4.69, 9.17) is 4.74 Å². The highest BCUT2D eigenvalue weighted by atomic mass is 32.2. The molecule has 0 aliphatic rings. The Bertz CT molecular complexity index is 1030. The molecule has 1 rings (SSSR count). The summed E-state index contributed by atoms with van der Waals surface area (Å²) < 4.78 is 55.1. The summed E-state index contributed by atoms with van der Waals surface area (Å²) in [6.07, 6.45) is 1.64. The van der Waals surface area contributed by atoms with Crippen molar-refractivity contribution >= 4 is 59.5 Å². The number of nitrogens with zero attached hydrogens (tertiary/aromatic N) is 2. The van der Waals surface area contributed by atoms with Crippen LogP contribution in [-0.2, 0) is 24.4 Å². The van der Waals surface area contributed by atoms with Crippen LogP contribution in [0.4, 0.5) is 5.69 Å². The molecule has 1 aromatic rings. The number of nitrogens with one attached hydrogen (secondary N) is 1. The number of thioether (sulfide) groups is 1. The molecule has 0 aliphatic heterocycles. The second-order valence-electron chi connectivity index (χ2n) is 5.95. The van der Waals surface area contributed by atoms with E-state index in [0.29, 0.717) is 4.21 Å². The average molecular weight is 468 g/mol. The molecule has 28 heavy (non-hydrogen) atoms. The van der Waals surface area contributed by atoms with Crippen LogP contribution >= 0.6 is 23.1 Å². The zero-order valence-electron chi connectivity index (χ0n) is 16.1. The van der Waals surface area contributed by atoms with Crippen molar-refractivity contribution in [3.05, 3.63) is 4.88 Å². The van der Waals surface area contributed by atoms with Gasteiger partial charge in [0, 0.05) is 0 Å². The van der Waals surface area contributed by atoms with Gasteiger partial charge in [-0.2, -0.15) is 10.4 Å². The third-order valence-electron chi connectivity index (χ3n) is 3.55. The monoisotopic (exact) mass is 467 g/mol. The summed E-state index contributed by atoms with van der Waals surface area (Å²) in [5.74, 6) is -0.812. The number of anilines is 1. The number of methoxy groups -OCH3 is 1. The van der Waals surface area contributed by atoms with Crippen LogP contribution in [0.5, 0.6) is 0 Å². The number of carbonyl (C=O) groups excluding carboxylic acids is 1. The van der Waals surface area contributed by atoms with E-state index in [1.807, 2.05) is 0 Å². The van der Waals surface area contributed by atoms with Crippen LogP contribution in [0.25, 0.3) is 0 Å². The largest absolute Gasteiger partial charge is 0.465 e. The lowest BCUT2D eigenvalue weighted by atomic mass is 10.4. The summed E-state index contributed by atoms with van der Waals surface area (Å²) in [5, 5.41) is 10.2. The highest BCUT2D eigenvalue weighted by Crippen LogP contribution is 2.43. The summed E-state index contributed by atoms with van der Waals surface area (Å²) >= 11 is 1.99. The number of carbonyl (C=O) groups is 1. The van der Waals surface area contributed by atoms with Crippen LogP contribution in [0.3, 0.4) is 0 Å². The maximum Gasteiger partial charge on any atom is 0.350 e. The zero-order valence-corrected chi connectivity index (χ0v) is 19.4. The summed E-state index contributed by atoms with van der Waals surface area (Å²) in [7, 11) is -6.73. The minimum absolute atomic E-state index is 0.0888. The van der Waals surface area contributed by atoms with E-state index in [1.54, 1.807) is 6.26 Å². The predicted molar refractivity (Wildman–Crippen MR) is 110 cm³/mol. The molecule has 0 amide bonds. The Morgan fingerprint density at radius 1 is 1.21 bits per heavy atom. The van der Waals surface area contributed by atoms with Crippen molar-refractivity contribution in [3.8, 4) is 6.07 Å². The molecule has 0 atom stereocenters. The summed E-state index contributed by atoms with van der Waals surface area (Å²) in [5.41, 5.74) is 2.12. The van der Waals surface area contributed by atoms with Crippen molar-refractivity contribution in [2.24, 2.45) is 5.10 Å². The fourth-order valence-electron chi connectivity index (χ4n) is 1.84. The van der Waals surface area contributed by atoms with Crippen LogP contribution in [0.1, 0.15) is 37.4 Å². The molecule has 0 aliphatic carbocycles. The molecule has 0 fully saturated rings. The van der Waals surface area contributed by atoms with Crippen molar-refractivity contribution in [2.75, 3.05) is 18.8 Å². The minimum atomic E-state index is -4.00. The number of ether oxygens (including phenoxy) is 1. The SMILES string of the molecule is COC(=O)c1sc(SC)c(S(=O)(=O)C(C)C)c1N/N=C(\C#N)S(=O)(=O)C(C)C. The quantitative estimate of drug-likeness (QED) is 0.210. The number of hydrogen-bond acceptors (Lipinski definition) is 11. The smallest absolute Gasteiger partial charge is 0.350 e. The molecule has 0 radical (unpaired) electrons. The van der Waals surface area contributed by atoms with Gasteiger partial charge in [0.1, 0.15) is 21.5 Å². The Hall–Kier alpha value is -1.62. The maximum absolute atomic E-state index is 12.8. The first kappa shape index (κ1) is 24.4. The molecular weight excluding hydrogens is 446 g/mol. The molecule has 1 N–H and O–H groups in total. The minimum Gasteiger partial charge on any atom is -0.465 e. The van der Waals surface area contributed by atoms with Gasteiger partial charge in [0.05, 0.1) is 21.8 Å². The molecule has 9 nitrogen and oxygen atoms in total. The Labute approximate surface area is 173 Å². The van der Waals surface area contributed by atoms with Crippen molar-refractivity contribution < 1.29 is 26.4 Å². The molecule has 0 unspecified atom stereocenters. The lowest BCUT2D eigenvalue weighted by Gasteiger charge is -2.12. The first-order valence-electron chi connectivity index (χ1n) is 7.86. The number of nitriles is 1. The van der Waals surface area contributed by atoms with Gasteiger partial charge in [0.15, 0.2) is 9.84 Å². The number of thiophene rings is 1. The number of hydrazone groups is 1. The second-order valence-corrected chi connectivity index (χ2v) is 12.9. The number of esters is 1. The first-order chi connectivity index (χ1) is 12.9. The molecular formula is C15H21N3O6S4. The molecule has 0 saturated carbocycles. The molecule has 0 spiro atoms. The first-order valence-corrected chi connectivity index (χ1v) is 13.0. The van der Waals surface area contributed by atoms with E-state index in [2.05, 4.69) is 10.5 Å². The third-order valence-corrected chi connectivity index (χ3v) is 10.3. The van der Waals surface area contributed by atoms with Crippen molar-refractivity contribution in [2.45, 2.75) is 47.3 Å². The molecule has 0 aromatic carbocycles. The number of sulfone groups is 2. The molecule has 13 heteroatoms. The van der Waals surface area contributed by atoms with Gasteiger partial charge in [-0.15, -0.1) is 23.1 Å². The van der Waals surface area contributed by atoms with Crippen molar-refractivity contribution in [1.29, 1.82) is 5.26 Å². The standard InChI is InChI=1S/C15H21N3O6S4/c1-8(2)27(20,21)10(7-16)17-18-11-12(14(19)24-5)26-15(25-6)13(11)28(22,23)9(3)4/h8-9,18H,1-6H3/b17-10+. The van der Waals surface area contributed by atoms with Crippen molar-refractivity contribution in [3.63, 3.8) is 0 Å². The highest BCUT2D eigenvalue weighted by Gasteiger charge is 2.34. The lowest BCUT2D eigenvalue weighted by Crippen LogP contribution is -2.24. The topological polar surface area (TPSA) is 143 Å². The summed E-state index contributed by atoms with van der Waals surface area (Å²) in [4.78, 5) is 11.9. The highest BCUT2D eigenvalue weighted by molar-refractivity contribution is 8.07. The van der Waals surface area contributed by atoms with Crippen LogP contribution in [0.2, 0.25) is 0 Å². The molecule has 1 aromatic heterocycles. The van der Waals surface area contributed by atoms with Crippen LogP contribution in [0.15, 0.2) is 14.2 Å². The van der Waals surface area contributed by atoms with E-state index >= 15 is 0 Å². The zero-order chi connectivity index (χ0) is 21.9. The van der Waals surface area contributed by atoms with E-state index in [9.17, 15) is 26.9 Å². The number of hydrogen-bond donors (Lipinski definition) is 1. The fourth-order valence-corrected chi connectivity index (χ4v) is 6.53. The Morgan fingerprint density at radius 3 is 2.18 bits per heavy atom. The Morgan fingerprint density at radius 2 is 1.79 bits per heavy atom. The van der Waals surface area contributed by atoms with Gasteiger partial charge < -0.3 is 4.74 Å². The predicted octanol–water partition coefficient (Wildman–Crippen LogP) is 2.51. The summed E-state index contributed by atoms with van der Waals surface area (Å²) in [6.45, 7) is 5.72. The van der Waals surface area contributed by atoms with Crippen molar-refractivity contribution in [1.82, 2.24) is 0 Å². The normalized spacial score (nSPS) is 12.9. The second kappa shape index (κ2) is 9.25. The number of rotatable bonds is 7. The van der Waals surface area contributed by atoms with E-state index in [1.165, 1.54) is 33.8 Å². The maximum atomic E-state index is 12.8.